The van der Waals surface area contributed by atoms with Gasteiger partial charge in [-0.25, -0.2) is 8.78 Å². The van der Waals surface area contributed by atoms with Crippen LogP contribution in [-0.2, 0) is 13.0 Å². The van der Waals surface area contributed by atoms with Crippen molar-refractivity contribution in [2.45, 2.75) is 25.8 Å². The molecule has 0 saturated carbocycles. The van der Waals surface area contributed by atoms with Gasteiger partial charge in [-0.15, -0.1) is 0 Å². The predicted octanol–water partition coefficient (Wildman–Crippen LogP) is 4.08. The molecule has 0 heterocycles. The molecule has 0 aromatic heterocycles. The van der Waals surface area contributed by atoms with Crippen LogP contribution in [0.4, 0.5) is 8.78 Å². The van der Waals surface area contributed by atoms with Gasteiger partial charge in [-0.05, 0) is 49.6 Å². The molecule has 0 aliphatic rings. The van der Waals surface area contributed by atoms with Gasteiger partial charge in [0.25, 0.3) is 0 Å². The number of rotatable bonds is 7. The van der Waals surface area contributed by atoms with Gasteiger partial charge in [0.2, 0.25) is 0 Å². The summed E-state index contributed by atoms with van der Waals surface area (Å²) in [7, 11) is 0. The summed E-state index contributed by atoms with van der Waals surface area (Å²) in [6.45, 7) is 1.18. The van der Waals surface area contributed by atoms with E-state index in [-0.39, 0.29) is 5.82 Å². The van der Waals surface area contributed by atoms with Crippen LogP contribution in [0, 0.1) is 11.6 Å². The number of hydrogen-bond acceptors (Lipinski definition) is 1. The Morgan fingerprint density at radius 2 is 1.70 bits per heavy atom. The first-order valence-electron chi connectivity index (χ1n) is 6.94. The zero-order valence-electron chi connectivity index (χ0n) is 11.4. The number of unbranched alkanes of at least 4 members (excludes halogenated alkanes) is 1. The van der Waals surface area contributed by atoms with Crippen LogP contribution in [0.15, 0.2) is 48.5 Å². The van der Waals surface area contributed by atoms with E-state index in [1.54, 1.807) is 0 Å². The standard InChI is InChI=1S/C17H19F2N/c18-16-9-10-17(19)15(12-16)13-20-11-5-4-8-14-6-2-1-3-7-14/h1-3,6-7,9-10,12,20H,4-5,8,11,13H2. The maximum absolute atomic E-state index is 13.4. The highest BCUT2D eigenvalue weighted by atomic mass is 19.1. The molecule has 0 radical (unpaired) electrons. The predicted molar refractivity (Wildman–Crippen MR) is 77.4 cm³/mol. The molecule has 20 heavy (non-hydrogen) atoms. The fourth-order valence-corrected chi connectivity index (χ4v) is 2.13. The number of halogens is 2. The van der Waals surface area contributed by atoms with E-state index >= 15 is 0 Å². The lowest BCUT2D eigenvalue weighted by molar-refractivity contribution is 0.560. The largest absolute Gasteiger partial charge is 0.313 e. The fraction of sp³-hybridized carbons (Fsp3) is 0.294. The van der Waals surface area contributed by atoms with E-state index in [0.717, 1.165) is 31.9 Å². The van der Waals surface area contributed by atoms with Gasteiger partial charge in [0.15, 0.2) is 0 Å². The number of benzene rings is 2. The topological polar surface area (TPSA) is 12.0 Å². The normalized spacial score (nSPS) is 10.7. The van der Waals surface area contributed by atoms with Crippen molar-refractivity contribution in [1.82, 2.24) is 5.32 Å². The highest BCUT2D eigenvalue weighted by Gasteiger charge is 2.02. The Hall–Kier alpha value is -1.74. The van der Waals surface area contributed by atoms with Crippen molar-refractivity contribution in [3.63, 3.8) is 0 Å². The zero-order valence-corrected chi connectivity index (χ0v) is 11.4. The van der Waals surface area contributed by atoms with Crippen LogP contribution in [-0.4, -0.2) is 6.54 Å². The molecule has 2 rings (SSSR count). The van der Waals surface area contributed by atoms with Crippen LogP contribution in [0.2, 0.25) is 0 Å². The van der Waals surface area contributed by atoms with Crippen LogP contribution < -0.4 is 5.32 Å². The number of aryl methyl sites for hydroxylation is 1. The van der Waals surface area contributed by atoms with Gasteiger partial charge in [-0.1, -0.05) is 30.3 Å². The molecule has 0 aliphatic heterocycles. The Bertz CT molecular complexity index is 526. The van der Waals surface area contributed by atoms with Crippen molar-refractivity contribution in [1.29, 1.82) is 0 Å². The van der Waals surface area contributed by atoms with Crippen LogP contribution in [0.25, 0.3) is 0 Å². The highest BCUT2D eigenvalue weighted by molar-refractivity contribution is 5.18. The summed E-state index contributed by atoms with van der Waals surface area (Å²) in [5, 5.41) is 3.15. The summed E-state index contributed by atoms with van der Waals surface area (Å²) in [6, 6.07) is 13.9. The Morgan fingerprint density at radius 1 is 0.900 bits per heavy atom. The molecule has 1 N–H and O–H groups in total. The Balaban J connectivity index is 1.63. The monoisotopic (exact) mass is 275 g/mol. The van der Waals surface area contributed by atoms with Gasteiger partial charge in [-0.2, -0.15) is 0 Å². The van der Waals surface area contributed by atoms with Gasteiger partial charge < -0.3 is 5.32 Å². The van der Waals surface area contributed by atoms with E-state index in [9.17, 15) is 8.78 Å². The molecule has 0 spiro atoms. The minimum atomic E-state index is -0.396. The fourth-order valence-electron chi connectivity index (χ4n) is 2.13. The van der Waals surface area contributed by atoms with Crippen molar-refractivity contribution >= 4 is 0 Å². The lowest BCUT2D eigenvalue weighted by Crippen LogP contribution is -2.16. The van der Waals surface area contributed by atoms with Crippen LogP contribution >= 0.6 is 0 Å². The molecule has 0 fully saturated rings. The second-order valence-corrected chi connectivity index (χ2v) is 4.86. The molecule has 0 saturated heterocycles. The van der Waals surface area contributed by atoms with E-state index in [1.807, 2.05) is 18.2 Å². The first-order valence-corrected chi connectivity index (χ1v) is 6.94. The SMILES string of the molecule is Fc1ccc(F)c(CNCCCCc2ccccc2)c1. The van der Waals surface area contributed by atoms with Gasteiger partial charge in [0.05, 0.1) is 0 Å². The van der Waals surface area contributed by atoms with E-state index in [0.29, 0.717) is 12.1 Å². The maximum atomic E-state index is 13.4. The molecule has 3 heteroatoms. The minimum Gasteiger partial charge on any atom is -0.313 e. The quantitative estimate of drug-likeness (QED) is 0.751. The van der Waals surface area contributed by atoms with E-state index < -0.39 is 5.82 Å². The minimum absolute atomic E-state index is 0.358. The molecule has 0 amide bonds. The van der Waals surface area contributed by atoms with Crippen molar-refractivity contribution in [2.75, 3.05) is 6.54 Å². The molecule has 0 atom stereocenters. The summed E-state index contributed by atoms with van der Waals surface area (Å²) in [5.74, 6) is -0.754. The van der Waals surface area contributed by atoms with Gasteiger partial charge in [0, 0.05) is 12.1 Å². The molecule has 0 unspecified atom stereocenters. The summed E-state index contributed by atoms with van der Waals surface area (Å²) < 4.78 is 26.3. The van der Waals surface area contributed by atoms with Crippen molar-refractivity contribution in [3.8, 4) is 0 Å². The Morgan fingerprint density at radius 3 is 2.50 bits per heavy atom. The summed E-state index contributed by atoms with van der Waals surface area (Å²) in [6.07, 6.45) is 3.16. The van der Waals surface area contributed by atoms with Gasteiger partial charge >= 0.3 is 0 Å². The van der Waals surface area contributed by atoms with Gasteiger partial charge in [0.1, 0.15) is 11.6 Å². The van der Waals surface area contributed by atoms with Crippen molar-refractivity contribution in [2.24, 2.45) is 0 Å². The first kappa shape index (κ1) is 14.7. The second-order valence-electron chi connectivity index (χ2n) is 4.86. The second kappa shape index (κ2) is 7.75. The lowest BCUT2D eigenvalue weighted by atomic mass is 10.1. The molecule has 0 aliphatic carbocycles. The highest BCUT2D eigenvalue weighted by Crippen LogP contribution is 2.09. The third-order valence-corrected chi connectivity index (χ3v) is 3.24. The summed E-state index contributed by atoms with van der Waals surface area (Å²) >= 11 is 0. The zero-order chi connectivity index (χ0) is 14.2. The van der Waals surface area contributed by atoms with E-state index in [4.69, 9.17) is 0 Å². The third kappa shape index (κ3) is 4.74. The number of nitrogens with one attached hydrogen (secondary N) is 1. The van der Waals surface area contributed by atoms with Crippen molar-refractivity contribution < 1.29 is 8.78 Å². The smallest absolute Gasteiger partial charge is 0.127 e. The first-order chi connectivity index (χ1) is 9.75. The van der Waals surface area contributed by atoms with E-state index in [2.05, 4.69) is 17.4 Å². The third-order valence-electron chi connectivity index (χ3n) is 3.24. The molecule has 106 valence electrons. The van der Waals surface area contributed by atoms with E-state index in [1.165, 1.54) is 17.7 Å². The summed E-state index contributed by atoms with van der Waals surface area (Å²) in [4.78, 5) is 0. The Labute approximate surface area is 118 Å². The molecular formula is C17H19F2N. The molecule has 2 aromatic rings. The molecular weight excluding hydrogens is 256 g/mol. The summed E-state index contributed by atoms with van der Waals surface area (Å²) in [5.41, 5.74) is 1.72. The van der Waals surface area contributed by atoms with Crippen LogP contribution in [0.5, 0.6) is 0 Å². The van der Waals surface area contributed by atoms with Crippen LogP contribution in [0.3, 0.4) is 0 Å². The van der Waals surface area contributed by atoms with Gasteiger partial charge in [-0.3, -0.25) is 0 Å². The number of hydrogen-bond donors (Lipinski definition) is 1. The maximum Gasteiger partial charge on any atom is 0.127 e. The molecule has 1 nitrogen and oxygen atoms in total. The molecule has 2 aromatic carbocycles. The Kier molecular flexibility index (Phi) is 5.69. The molecule has 0 bridgehead atoms. The average Bonchev–Trinajstić information content (AvgIpc) is 2.47. The van der Waals surface area contributed by atoms with Crippen molar-refractivity contribution in [3.05, 3.63) is 71.3 Å². The van der Waals surface area contributed by atoms with Crippen LogP contribution in [0.1, 0.15) is 24.0 Å². The lowest BCUT2D eigenvalue weighted by Gasteiger charge is -2.06. The average molecular weight is 275 g/mol.